The molecule has 8 nitrogen and oxygen atoms in total. The Morgan fingerprint density at radius 1 is 1.03 bits per heavy atom. The van der Waals surface area contributed by atoms with Crippen molar-refractivity contribution in [1.29, 1.82) is 0 Å². The maximum atomic E-state index is 12.4. The van der Waals surface area contributed by atoms with Gasteiger partial charge in [-0.1, -0.05) is 18.9 Å². The van der Waals surface area contributed by atoms with Gasteiger partial charge >= 0.3 is 6.01 Å². The standard InChI is InChI=1S/C23H29N5O3/c1-4-28(5-2)16-6-15-24-23-27-26-22(31-23)18-7-11-19(12-8-18)25-21(29)17-9-13-20(30-3)14-10-17/h7-14H,4-6,15-16H2,1-3H3,(H,24,27)(H,25,29). The van der Waals surface area contributed by atoms with Crippen LogP contribution in [0.5, 0.6) is 5.75 Å². The summed E-state index contributed by atoms with van der Waals surface area (Å²) in [5.41, 5.74) is 2.02. The quantitative estimate of drug-likeness (QED) is 0.448. The van der Waals surface area contributed by atoms with E-state index in [-0.39, 0.29) is 5.91 Å². The van der Waals surface area contributed by atoms with Crippen LogP contribution in [0.1, 0.15) is 30.6 Å². The normalized spacial score (nSPS) is 10.8. The number of aromatic nitrogens is 2. The van der Waals surface area contributed by atoms with Crippen molar-refractivity contribution >= 4 is 17.6 Å². The first kappa shape index (κ1) is 22.3. The summed E-state index contributed by atoms with van der Waals surface area (Å²) in [6, 6.07) is 14.6. The van der Waals surface area contributed by atoms with Crippen molar-refractivity contribution in [1.82, 2.24) is 15.1 Å². The van der Waals surface area contributed by atoms with Crippen LogP contribution in [0.4, 0.5) is 11.7 Å². The van der Waals surface area contributed by atoms with Crippen LogP contribution in [0, 0.1) is 0 Å². The van der Waals surface area contributed by atoms with E-state index in [4.69, 9.17) is 9.15 Å². The molecule has 0 saturated heterocycles. The highest BCUT2D eigenvalue weighted by Crippen LogP contribution is 2.22. The van der Waals surface area contributed by atoms with E-state index in [1.54, 1.807) is 43.5 Å². The summed E-state index contributed by atoms with van der Waals surface area (Å²) < 4.78 is 10.8. The third kappa shape index (κ3) is 6.29. The Hall–Kier alpha value is -3.39. The molecule has 3 aromatic rings. The summed E-state index contributed by atoms with van der Waals surface area (Å²) >= 11 is 0. The first-order chi connectivity index (χ1) is 15.1. The lowest BCUT2D eigenvalue weighted by Crippen LogP contribution is -2.25. The van der Waals surface area contributed by atoms with Gasteiger partial charge in [0, 0.05) is 23.4 Å². The highest BCUT2D eigenvalue weighted by atomic mass is 16.5. The fourth-order valence-corrected chi connectivity index (χ4v) is 3.09. The predicted octanol–water partition coefficient (Wildman–Crippen LogP) is 4.14. The minimum Gasteiger partial charge on any atom is -0.497 e. The SMILES string of the molecule is CCN(CC)CCCNc1nnc(-c2ccc(NC(=O)c3ccc(OC)cc3)cc2)o1. The largest absolute Gasteiger partial charge is 0.497 e. The van der Waals surface area contributed by atoms with Gasteiger partial charge in [0.05, 0.1) is 7.11 Å². The molecule has 0 unspecified atom stereocenters. The van der Waals surface area contributed by atoms with E-state index in [1.165, 1.54) is 0 Å². The summed E-state index contributed by atoms with van der Waals surface area (Å²) in [5.74, 6) is 0.946. The molecule has 2 N–H and O–H groups in total. The van der Waals surface area contributed by atoms with Crippen molar-refractivity contribution in [3.63, 3.8) is 0 Å². The first-order valence-corrected chi connectivity index (χ1v) is 10.5. The van der Waals surface area contributed by atoms with Gasteiger partial charge < -0.3 is 24.7 Å². The number of nitrogens with zero attached hydrogens (tertiary/aromatic N) is 3. The molecule has 164 valence electrons. The molecular formula is C23H29N5O3. The number of rotatable bonds is 11. The number of carbonyl (C=O) groups excluding carboxylic acids is 1. The van der Waals surface area contributed by atoms with Crippen molar-refractivity contribution < 1.29 is 13.9 Å². The summed E-state index contributed by atoms with van der Waals surface area (Å²) in [6.45, 7) is 8.24. The summed E-state index contributed by atoms with van der Waals surface area (Å²) in [6.07, 6.45) is 1.00. The van der Waals surface area contributed by atoms with Crippen molar-refractivity contribution in [2.75, 3.05) is 43.9 Å². The Bertz CT molecular complexity index is 950. The summed E-state index contributed by atoms with van der Waals surface area (Å²) in [4.78, 5) is 14.7. The molecule has 2 aromatic carbocycles. The lowest BCUT2D eigenvalue weighted by atomic mass is 10.1. The lowest BCUT2D eigenvalue weighted by molar-refractivity contribution is 0.102. The number of benzene rings is 2. The molecule has 0 saturated carbocycles. The van der Waals surface area contributed by atoms with Crippen molar-refractivity contribution in [2.24, 2.45) is 0 Å². The highest BCUT2D eigenvalue weighted by molar-refractivity contribution is 6.04. The van der Waals surface area contributed by atoms with Gasteiger partial charge in [-0.15, -0.1) is 5.10 Å². The van der Waals surface area contributed by atoms with Gasteiger partial charge in [-0.25, -0.2) is 0 Å². The van der Waals surface area contributed by atoms with Crippen molar-refractivity contribution in [3.8, 4) is 17.2 Å². The summed E-state index contributed by atoms with van der Waals surface area (Å²) in [7, 11) is 1.59. The molecule has 0 aliphatic heterocycles. The molecule has 31 heavy (non-hydrogen) atoms. The van der Waals surface area contributed by atoms with Crippen LogP contribution >= 0.6 is 0 Å². The number of nitrogens with one attached hydrogen (secondary N) is 2. The second kappa shape index (κ2) is 11.1. The molecule has 1 amide bonds. The number of methoxy groups -OCH3 is 1. The van der Waals surface area contributed by atoms with Crippen LogP contribution in [-0.2, 0) is 0 Å². The molecule has 0 aliphatic carbocycles. The number of hydrogen-bond acceptors (Lipinski definition) is 7. The topological polar surface area (TPSA) is 92.5 Å². The molecule has 1 heterocycles. The Labute approximate surface area is 182 Å². The van der Waals surface area contributed by atoms with E-state index >= 15 is 0 Å². The molecule has 8 heteroatoms. The molecule has 0 atom stereocenters. The second-order valence-corrected chi connectivity index (χ2v) is 6.98. The minimum absolute atomic E-state index is 0.190. The van der Waals surface area contributed by atoms with E-state index < -0.39 is 0 Å². The number of ether oxygens (including phenoxy) is 1. The predicted molar refractivity (Wildman–Crippen MR) is 122 cm³/mol. The highest BCUT2D eigenvalue weighted by Gasteiger charge is 2.10. The fourth-order valence-electron chi connectivity index (χ4n) is 3.09. The zero-order chi connectivity index (χ0) is 22.1. The first-order valence-electron chi connectivity index (χ1n) is 10.5. The van der Waals surface area contributed by atoms with Crippen LogP contribution in [0.3, 0.4) is 0 Å². The molecule has 0 aliphatic rings. The van der Waals surface area contributed by atoms with Crippen molar-refractivity contribution in [2.45, 2.75) is 20.3 Å². The molecule has 0 radical (unpaired) electrons. The van der Waals surface area contributed by atoms with E-state index in [9.17, 15) is 4.79 Å². The van der Waals surface area contributed by atoms with Gasteiger partial charge in [0.2, 0.25) is 5.89 Å². The fraction of sp³-hybridized carbons (Fsp3) is 0.348. The van der Waals surface area contributed by atoms with Gasteiger partial charge in [0.1, 0.15) is 5.75 Å². The molecular weight excluding hydrogens is 394 g/mol. The van der Waals surface area contributed by atoms with Crippen LogP contribution in [0.25, 0.3) is 11.5 Å². The second-order valence-electron chi connectivity index (χ2n) is 6.98. The number of anilines is 2. The maximum absolute atomic E-state index is 12.4. The molecule has 1 aromatic heterocycles. The van der Waals surface area contributed by atoms with Gasteiger partial charge in [-0.2, -0.15) is 0 Å². The third-order valence-corrected chi connectivity index (χ3v) is 4.99. The zero-order valence-electron chi connectivity index (χ0n) is 18.2. The average molecular weight is 424 g/mol. The van der Waals surface area contributed by atoms with Gasteiger partial charge in [0.25, 0.3) is 5.91 Å². The van der Waals surface area contributed by atoms with Crippen LogP contribution in [-0.4, -0.2) is 54.3 Å². The number of hydrogen-bond donors (Lipinski definition) is 2. The monoisotopic (exact) mass is 423 g/mol. The van der Waals surface area contributed by atoms with E-state index in [0.29, 0.717) is 28.9 Å². The number of amides is 1. The Morgan fingerprint density at radius 2 is 1.74 bits per heavy atom. The van der Waals surface area contributed by atoms with E-state index in [1.807, 2.05) is 12.1 Å². The molecule has 0 spiro atoms. The minimum atomic E-state index is -0.190. The van der Waals surface area contributed by atoms with Crippen molar-refractivity contribution in [3.05, 3.63) is 54.1 Å². The Balaban J connectivity index is 1.52. The smallest absolute Gasteiger partial charge is 0.315 e. The molecule has 0 fully saturated rings. The summed E-state index contributed by atoms with van der Waals surface area (Å²) in [5, 5.41) is 14.2. The molecule has 0 bridgehead atoms. The van der Waals surface area contributed by atoms with E-state index in [0.717, 1.165) is 38.2 Å². The van der Waals surface area contributed by atoms with E-state index in [2.05, 4.69) is 39.6 Å². The maximum Gasteiger partial charge on any atom is 0.315 e. The van der Waals surface area contributed by atoms with Gasteiger partial charge in [0.15, 0.2) is 0 Å². The number of carbonyl (C=O) groups is 1. The van der Waals surface area contributed by atoms with Crippen LogP contribution in [0.2, 0.25) is 0 Å². The van der Waals surface area contributed by atoms with Gasteiger partial charge in [-0.05, 0) is 74.6 Å². The molecule has 3 rings (SSSR count). The average Bonchev–Trinajstić information content (AvgIpc) is 3.28. The third-order valence-electron chi connectivity index (χ3n) is 4.99. The zero-order valence-corrected chi connectivity index (χ0v) is 18.2. The lowest BCUT2D eigenvalue weighted by Gasteiger charge is -2.17. The Kier molecular flexibility index (Phi) is 8.00. The van der Waals surface area contributed by atoms with Crippen LogP contribution in [0.15, 0.2) is 52.9 Å². The Morgan fingerprint density at radius 3 is 2.39 bits per heavy atom. The van der Waals surface area contributed by atoms with Crippen LogP contribution < -0.4 is 15.4 Å². The van der Waals surface area contributed by atoms with Gasteiger partial charge in [-0.3, -0.25) is 4.79 Å².